The van der Waals surface area contributed by atoms with Crippen LogP contribution in [0.5, 0.6) is 0 Å². The third-order valence-electron chi connectivity index (χ3n) is 5.03. The van der Waals surface area contributed by atoms with E-state index in [2.05, 4.69) is 9.88 Å². The first-order valence-corrected chi connectivity index (χ1v) is 11.2. The number of sulfone groups is 1. The molecule has 1 aliphatic heterocycles. The lowest BCUT2D eigenvalue weighted by Gasteiger charge is -2.23. The molecule has 0 spiro atoms. The number of fused-ring (bicyclic) bond motifs is 1. The molecule has 0 unspecified atom stereocenters. The fraction of sp³-hybridized carbons (Fsp3) is 0.300. The third kappa shape index (κ3) is 3.82. The average Bonchev–Trinajstić information content (AvgIpc) is 2.92. The molecule has 1 saturated heterocycles. The lowest BCUT2D eigenvalue weighted by Crippen LogP contribution is -2.35. The number of hydrogen-bond donors (Lipinski definition) is 0. The van der Waals surface area contributed by atoms with Crippen molar-refractivity contribution in [1.82, 2.24) is 14.3 Å². The zero-order valence-corrected chi connectivity index (χ0v) is 16.8. The maximum atomic E-state index is 13.2. The van der Waals surface area contributed by atoms with Gasteiger partial charge in [0.15, 0.2) is 5.69 Å². The summed E-state index contributed by atoms with van der Waals surface area (Å²) in [6.45, 7) is 2.35. The Morgan fingerprint density at radius 3 is 2.52 bits per heavy atom. The van der Waals surface area contributed by atoms with Crippen LogP contribution in [-0.4, -0.2) is 61.0 Å². The summed E-state index contributed by atoms with van der Waals surface area (Å²) in [5.41, 5.74) is 1.52. The summed E-state index contributed by atoms with van der Waals surface area (Å²) in [5.74, 6) is -0.571. The Balaban J connectivity index is 1.60. The van der Waals surface area contributed by atoms with Crippen molar-refractivity contribution in [1.29, 1.82) is 0 Å². The number of benzene rings is 1. The van der Waals surface area contributed by atoms with E-state index >= 15 is 0 Å². The van der Waals surface area contributed by atoms with Crippen molar-refractivity contribution in [3.8, 4) is 0 Å². The number of aromatic nitrogens is 2. The Morgan fingerprint density at radius 2 is 1.79 bits per heavy atom. The molecular weight excluding hydrogens is 395 g/mol. The second-order valence-corrected chi connectivity index (χ2v) is 8.99. The fourth-order valence-electron chi connectivity index (χ4n) is 3.61. The van der Waals surface area contributed by atoms with E-state index in [1.165, 1.54) is 16.5 Å². The first-order valence-electron chi connectivity index (χ1n) is 9.31. The van der Waals surface area contributed by atoms with E-state index in [1.54, 1.807) is 41.4 Å². The normalized spacial score (nSPS) is 15.5. The van der Waals surface area contributed by atoms with Gasteiger partial charge in [-0.2, -0.15) is 0 Å². The van der Waals surface area contributed by atoms with E-state index in [-0.39, 0.29) is 22.6 Å². The molecule has 3 heterocycles. The van der Waals surface area contributed by atoms with Gasteiger partial charge in [-0.05, 0) is 42.8 Å². The molecule has 1 aromatic carbocycles. The summed E-state index contributed by atoms with van der Waals surface area (Å²) in [6.07, 6.45) is 3.41. The summed E-state index contributed by atoms with van der Waals surface area (Å²) < 4.78 is 38.8. The van der Waals surface area contributed by atoms with Crippen molar-refractivity contribution in [2.75, 3.05) is 37.3 Å². The molecule has 152 valence electrons. The van der Waals surface area contributed by atoms with E-state index in [0.29, 0.717) is 25.2 Å². The number of amides is 1. The minimum absolute atomic E-state index is 0.140. The highest BCUT2D eigenvalue weighted by atomic mass is 32.2. The SMILES string of the molecule is CS(=O)(=O)c1nc(C(=O)N2CCCN(c3ccc(F)cc3)CC2)c2ccccn12. The van der Waals surface area contributed by atoms with Crippen molar-refractivity contribution >= 4 is 26.9 Å². The molecule has 0 saturated carbocycles. The van der Waals surface area contributed by atoms with Gasteiger partial charge in [-0.15, -0.1) is 0 Å². The Morgan fingerprint density at radius 1 is 1.03 bits per heavy atom. The molecule has 0 bridgehead atoms. The van der Waals surface area contributed by atoms with E-state index < -0.39 is 9.84 Å². The molecular formula is C20H21FN4O3S. The zero-order valence-electron chi connectivity index (χ0n) is 16.0. The number of hydrogen-bond acceptors (Lipinski definition) is 5. The predicted molar refractivity (Wildman–Crippen MR) is 107 cm³/mol. The van der Waals surface area contributed by atoms with Gasteiger partial charge in [-0.3, -0.25) is 9.20 Å². The van der Waals surface area contributed by atoms with Crippen LogP contribution in [0.1, 0.15) is 16.9 Å². The molecule has 0 aliphatic carbocycles. The molecule has 9 heteroatoms. The Bertz CT molecular complexity index is 1160. The maximum absolute atomic E-state index is 13.2. The number of imidazole rings is 1. The van der Waals surface area contributed by atoms with Crippen LogP contribution in [0, 0.1) is 5.82 Å². The second kappa shape index (κ2) is 7.47. The van der Waals surface area contributed by atoms with Gasteiger partial charge in [0, 0.05) is 44.3 Å². The smallest absolute Gasteiger partial charge is 0.274 e. The Labute approximate surface area is 168 Å². The van der Waals surface area contributed by atoms with Crippen LogP contribution >= 0.6 is 0 Å². The summed E-state index contributed by atoms with van der Waals surface area (Å²) >= 11 is 0. The molecule has 29 heavy (non-hydrogen) atoms. The molecule has 2 aromatic heterocycles. The van der Waals surface area contributed by atoms with Gasteiger partial charge in [0.1, 0.15) is 5.82 Å². The fourth-order valence-corrected chi connectivity index (χ4v) is 4.38. The Kier molecular flexibility index (Phi) is 4.99. The molecule has 1 amide bonds. The van der Waals surface area contributed by atoms with Crippen LogP contribution in [-0.2, 0) is 9.84 Å². The first kappa shape index (κ1) is 19.4. The number of carbonyl (C=O) groups excluding carboxylic acids is 1. The van der Waals surface area contributed by atoms with Crippen molar-refractivity contribution in [3.63, 3.8) is 0 Å². The van der Waals surface area contributed by atoms with Gasteiger partial charge in [0.25, 0.3) is 5.91 Å². The lowest BCUT2D eigenvalue weighted by molar-refractivity contribution is 0.0763. The van der Waals surface area contributed by atoms with E-state index in [0.717, 1.165) is 24.9 Å². The number of rotatable bonds is 3. The topological polar surface area (TPSA) is 75.0 Å². The number of carbonyl (C=O) groups is 1. The summed E-state index contributed by atoms with van der Waals surface area (Å²) in [4.78, 5) is 21.2. The highest BCUT2D eigenvalue weighted by Gasteiger charge is 2.27. The minimum Gasteiger partial charge on any atom is -0.370 e. The highest BCUT2D eigenvalue weighted by molar-refractivity contribution is 7.90. The molecule has 1 aliphatic rings. The number of pyridine rings is 1. The van der Waals surface area contributed by atoms with Crippen LogP contribution in [0.3, 0.4) is 0 Å². The van der Waals surface area contributed by atoms with Crippen molar-refractivity contribution < 1.29 is 17.6 Å². The average molecular weight is 416 g/mol. The number of halogens is 1. The maximum Gasteiger partial charge on any atom is 0.274 e. The van der Waals surface area contributed by atoms with Crippen LogP contribution in [0.15, 0.2) is 53.8 Å². The predicted octanol–water partition coefficient (Wildman–Crippen LogP) is 2.23. The summed E-state index contributed by atoms with van der Waals surface area (Å²) in [5, 5.41) is -0.140. The van der Waals surface area contributed by atoms with Crippen molar-refractivity contribution in [2.24, 2.45) is 0 Å². The highest BCUT2D eigenvalue weighted by Crippen LogP contribution is 2.21. The lowest BCUT2D eigenvalue weighted by atomic mass is 10.2. The van der Waals surface area contributed by atoms with Gasteiger partial charge in [-0.1, -0.05) is 6.07 Å². The molecule has 3 aromatic rings. The number of nitrogens with zero attached hydrogens (tertiary/aromatic N) is 4. The van der Waals surface area contributed by atoms with Gasteiger partial charge < -0.3 is 9.80 Å². The standard InChI is InChI=1S/C20H21FN4O3S/c1-29(27,28)20-22-18(17-5-2-3-12-25(17)20)19(26)24-11-4-10-23(13-14-24)16-8-6-15(21)7-9-16/h2-3,5-9,12H,4,10-11,13-14H2,1H3. The monoisotopic (exact) mass is 416 g/mol. The molecule has 0 atom stereocenters. The number of anilines is 1. The zero-order chi connectivity index (χ0) is 20.6. The Hall–Kier alpha value is -2.94. The van der Waals surface area contributed by atoms with Crippen LogP contribution < -0.4 is 4.90 Å². The third-order valence-corrected chi connectivity index (χ3v) is 5.98. The van der Waals surface area contributed by atoms with Crippen molar-refractivity contribution in [3.05, 3.63) is 60.2 Å². The van der Waals surface area contributed by atoms with Gasteiger partial charge in [0.2, 0.25) is 15.0 Å². The van der Waals surface area contributed by atoms with Crippen LogP contribution in [0.4, 0.5) is 10.1 Å². The van der Waals surface area contributed by atoms with Crippen molar-refractivity contribution in [2.45, 2.75) is 11.6 Å². The van der Waals surface area contributed by atoms with E-state index in [4.69, 9.17) is 0 Å². The quantitative estimate of drug-likeness (QED) is 0.655. The first-order chi connectivity index (χ1) is 13.8. The minimum atomic E-state index is -3.59. The van der Waals surface area contributed by atoms with Gasteiger partial charge in [0.05, 0.1) is 5.52 Å². The molecule has 1 fully saturated rings. The largest absolute Gasteiger partial charge is 0.370 e. The van der Waals surface area contributed by atoms with E-state index in [1.807, 2.05) is 0 Å². The van der Waals surface area contributed by atoms with Crippen LogP contribution in [0.2, 0.25) is 0 Å². The van der Waals surface area contributed by atoms with Gasteiger partial charge >= 0.3 is 0 Å². The molecule has 0 N–H and O–H groups in total. The van der Waals surface area contributed by atoms with Crippen LogP contribution in [0.25, 0.3) is 5.52 Å². The molecule has 7 nitrogen and oxygen atoms in total. The second-order valence-electron chi connectivity index (χ2n) is 7.08. The molecule has 0 radical (unpaired) electrons. The van der Waals surface area contributed by atoms with Gasteiger partial charge in [-0.25, -0.2) is 17.8 Å². The summed E-state index contributed by atoms with van der Waals surface area (Å²) in [7, 11) is -3.59. The van der Waals surface area contributed by atoms with E-state index in [9.17, 15) is 17.6 Å². The molecule has 4 rings (SSSR count). The summed E-state index contributed by atoms with van der Waals surface area (Å²) in [6, 6.07) is 11.4.